The molecular weight excluding hydrogens is 448 g/mol. The van der Waals surface area contributed by atoms with E-state index in [4.69, 9.17) is 16.3 Å². The van der Waals surface area contributed by atoms with E-state index in [1.807, 2.05) is 54.7 Å². The number of aromatic nitrogens is 1. The maximum atomic E-state index is 12.8. The van der Waals surface area contributed by atoms with Crippen LogP contribution in [-0.2, 0) is 20.9 Å². The quantitative estimate of drug-likeness (QED) is 0.361. The number of ether oxygens (including phenoxy) is 1. The highest BCUT2D eigenvalue weighted by Gasteiger charge is 2.37. The van der Waals surface area contributed by atoms with Gasteiger partial charge in [0.05, 0.1) is 11.0 Å². The number of rotatable bonds is 6. The average Bonchev–Trinajstić information content (AvgIpc) is 3.22. The predicted molar refractivity (Wildman–Crippen MR) is 126 cm³/mol. The number of thioether (sulfide) groups is 1. The Morgan fingerprint density at radius 3 is 2.59 bits per heavy atom. The second kappa shape index (κ2) is 9.22. The van der Waals surface area contributed by atoms with Gasteiger partial charge in [0.1, 0.15) is 6.54 Å². The van der Waals surface area contributed by atoms with E-state index in [1.54, 1.807) is 19.9 Å². The summed E-state index contributed by atoms with van der Waals surface area (Å²) in [4.78, 5) is 38.3. The first-order valence-corrected chi connectivity index (χ1v) is 11.3. The van der Waals surface area contributed by atoms with Crippen LogP contribution in [0.25, 0.3) is 17.0 Å². The van der Waals surface area contributed by atoms with Crippen molar-refractivity contribution in [3.63, 3.8) is 0 Å². The third kappa shape index (κ3) is 4.59. The topological polar surface area (TPSA) is 68.6 Å². The van der Waals surface area contributed by atoms with Gasteiger partial charge in [-0.2, -0.15) is 0 Å². The zero-order chi connectivity index (χ0) is 22.8. The summed E-state index contributed by atoms with van der Waals surface area (Å²) in [6, 6.07) is 15.5. The van der Waals surface area contributed by atoms with Gasteiger partial charge in [-0.1, -0.05) is 48.0 Å². The third-order valence-electron chi connectivity index (χ3n) is 4.93. The number of benzene rings is 2. The number of fused-ring (bicyclic) bond motifs is 1. The van der Waals surface area contributed by atoms with Gasteiger partial charge in [-0.25, -0.2) is 0 Å². The van der Waals surface area contributed by atoms with Gasteiger partial charge in [0.25, 0.3) is 11.1 Å². The molecule has 2 aromatic carbocycles. The van der Waals surface area contributed by atoms with Crippen LogP contribution < -0.4 is 0 Å². The smallest absolute Gasteiger partial charge is 0.326 e. The Kier molecular flexibility index (Phi) is 6.39. The Balaban J connectivity index is 1.64. The summed E-state index contributed by atoms with van der Waals surface area (Å²) in [5.74, 6) is -1.11. The first-order chi connectivity index (χ1) is 15.3. The van der Waals surface area contributed by atoms with E-state index in [-0.39, 0.29) is 11.0 Å². The number of para-hydroxylation sites is 1. The van der Waals surface area contributed by atoms with E-state index in [1.165, 1.54) is 0 Å². The molecule has 3 aromatic rings. The van der Waals surface area contributed by atoms with Gasteiger partial charge < -0.3 is 9.30 Å². The number of hydrogen-bond donors (Lipinski definition) is 0. The zero-order valence-electron chi connectivity index (χ0n) is 17.6. The largest absolute Gasteiger partial charge is 0.462 e. The molecule has 1 saturated heterocycles. The van der Waals surface area contributed by atoms with Gasteiger partial charge in [0.2, 0.25) is 0 Å². The number of halogens is 1. The fraction of sp³-hybridized carbons (Fsp3) is 0.208. The lowest BCUT2D eigenvalue weighted by molar-refractivity contribution is -0.149. The first-order valence-electron chi connectivity index (χ1n) is 10.1. The number of amides is 2. The molecule has 0 unspecified atom stereocenters. The zero-order valence-corrected chi connectivity index (χ0v) is 19.2. The lowest BCUT2D eigenvalue weighted by Gasteiger charge is -2.13. The second-order valence-electron chi connectivity index (χ2n) is 7.63. The highest BCUT2D eigenvalue weighted by atomic mass is 35.5. The van der Waals surface area contributed by atoms with Crippen molar-refractivity contribution in [2.45, 2.75) is 26.5 Å². The summed E-state index contributed by atoms with van der Waals surface area (Å²) in [6.45, 7) is 3.60. The number of imide groups is 1. The van der Waals surface area contributed by atoms with Crippen molar-refractivity contribution >= 4 is 57.5 Å². The van der Waals surface area contributed by atoms with Gasteiger partial charge in [-0.05, 0) is 49.4 Å². The maximum Gasteiger partial charge on any atom is 0.326 e. The molecule has 164 valence electrons. The Hall–Kier alpha value is -3.03. The third-order valence-corrected chi connectivity index (χ3v) is 6.21. The molecule has 0 radical (unpaired) electrons. The standard InChI is InChI=1S/C24H21ClN2O4S/c1-15(2)31-22(28)14-27-23(29)21(32-24(27)30)11-17-13-26(20-10-6-4-8-18(17)20)12-16-7-3-5-9-19(16)25/h3-11,13,15H,12,14H2,1-2H3/b21-11+. The lowest BCUT2D eigenvalue weighted by Crippen LogP contribution is -2.35. The molecule has 2 heterocycles. The maximum absolute atomic E-state index is 12.8. The van der Waals surface area contributed by atoms with Crippen molar-refractivity contribution in [3.8, 4) is 0 Å². The van der Waals surface area contributed by atoms with Gasteiger partial charge >= 0.3 is 5.97 Å². The lowest BCUT2D eigenvalue weighted by atomic mass is 10.1. The first kappa shape index (κ1) is 22.2. The SMILES string of the molecule is CC(C)OC(=O)CN1C(=O)S/C(=C/c2cn(Cc3ccccc3Cl)c3ccccc23)C1=O. The van der Waals surface area contributed by atoms with E-state index < -0.39 is 23.7 Å². The minimum atomic E-state index is -0.611. The molecule has 1 aliphatic heterocycles. The Labute approximate surface area is 194 Å². The number of nitrogens with zero attached hydrogens (tertiary/aromatic N) is 2. The molecule has 2 amide bonds. The van der Waals surface area contributed by atoms with Gasteiger partial charge in [0, 0.05) is 34.2 Å². The Morgan fingerprint density at radius 2 is 1.84 bits per heavy atom. The van der Waals surface area contributed by atoms with Crippen LogP contribution in [0.5, 0.6) is 0 Å². The van der Waals surface area contributed by atoms with Crippen molar-refractivity contribution in [2.75, 3.05) is 6.54 Å². The van der Waals surface area contributed by atoms with Gasteiger partial charge in [-0.15, -0.1) is 0 Å². The molecule has 1 aromatic heterocycles. The molecule has 6 nitrogen and oxygen atoms in total. The van der Waals surface area contributed by atoms with Crippen LogP contribution in [0.2, 0.25) is 5.02 Å². The number of carbonyl (C=O) groups is 3. The van der Waals surface area contributed by atoms with Crippen LogP contribution in [0.4, 0.5) is 4.79 Å². The summed E-state index contributed by atoms with van der Waals surface area (Å²) in [7, 11) is 0. The molecule has 0 saturated carbocycles. The van der Waals surface area contributed by atoms with E-state index in [2.05, 4.69) is 4.57 Å². The molecule has 0 spiro atoms. The van der Waals surface area contributed by atoms with Gasteiger partial charge in [-0.3, -0.25) is 19.3 Å². The van der Waals surface area contributed by atoms with E-state index in [0.29, 0.717) is 11.6 Å². The minimum absolute atomic E-state index is 0.271. The molecule has 8 heteroatoms. The monoisotopic (exact) mass is 468 g/mol. The molecule has 0 bridgehead atoms. The average molecular weight is 469 g/mol. The molecule has 32 heavy (non-hydrogen) atoms. The van der Waals surface area contributed by atoms with E-state index in [9.17, 15) is 14.4 Å². The van der Waals surface area contributed by atoms with Crippen molar-refractivity contribution in [1.82, 2.24) is 9.47 Å². The molecule has 1 fully saturated rings. The van der Waals surface area contributed by atoms with Crippen molar-refractivity contribution < 1.29 is 19.1 Å². The van der Waals surface area contributed by atoms with E-state index in [0.717, 1.165) is 38.7 Å². The molecule has 0 aliphatic carbocycles. The Bertz CT molecular complexity index is 1250. The highest BCUT2D eigenvalue weighted by molar-refractivity contribution is 8.18. The van der Waals surface area contributed by atoms with Crippen molar-refractivity contribution in [3.05, 3.63) is 75.8 Å². The molecule has 4 rings (SSSR count). The molecule has 0 N–H and O–H groups in total. The van der Waals surface area contributed by atoms with Crippen LogP contribution in [0, 0.1) is 0 Å². The normalized spacial score (nSPS) is 15.4. The summed E-state index contributed by atoms with van der Waals surface area (Å²) in [5.41, 5.74) is 2.77. The second-order valence-corrected chi connectivity index (χ2v) is 9.03. The minimum Gasteiger partial charge on any atom is -0.462 e. The number of hydrogen-bond acceptors (Lipinski definition) is 5. The van der Waals surface area contributed by atoms with Crippen LogP contribution >= 0.6 is 23.4 Å². The molecule has 1 aliphatic rings. The van der Waals surface area contributed by atoms with Crippen LogP contribution in [-0.4, -0.2) is 39.2 Å². The summed E-state index contributed by atoms with van der Waals surface area (Å²) < 4.78 is 7.12. The van der Waals surface area contributed by atoms with Gasteiger partial charge in [0.15, 0.2) is 0 Å². The highest BCUT2D eigenvalue weighted by Crippen LogP contribution is 2.34. The summed E-state index contributed by atoms with van der Waals surface area (Å²) in [5, 5.41) is 1.15. The summed E-state index contributed by atoms with van der Waals surface area (Å²) >= 11 is 7.16. The number of carbonyl (C=O) groups excluding carboxylic acids is 3. The van der Waals surface area contributed by atoms with Crippen LogP contribution in [0.3, 0.4) is 0 Å². The number of esters is 1. The fourth-order valence-electron chi connectivity index (χ4n) is 3.54. The fourth-order valence-corrected chi connectivity index (χ4v) is 4.56. The van der Waals surface area contributed by atoms with Crippen LogP contribution in [0.15, 0.2) is 59.6 Å². The predicted octanol–water partition coefficient (Wildman–Crippen LogP) is 5.33. The van der Waals surface area contributed by atoms with Crippen LogP contribution in [0.1, 0.15) is 25.0 Å². The summed E-state index contributed by atoms with van der Waals surface area (Å²) in [6.07, 6.45) is 3.32. The van der Waals surface area contributed by atoms with E-state index >= 15 is 0 Å². The van der Waals surface area contributed by atoms with Crippen molar-refractivity contribution in [1.29, 1.82) is 0 Å². The van der Waals surface area contributed by atoms with Crippen molar-refractivity contribution in [2.24, 2.45) is 0 Å². The molecule has 0 atom stereocenters. The molecular formula is C24H21ClN2O4S. The Morgan fingerprint density at radius 1 is 1.12 bits per heavy atom.